The summed E-state index contributed by atoms with van der Waals surface area (Å²) in [6, 6.07) is 14.6. The molecule has 1 N–H and O–H groups in total. The predicted molar refractivity (Wildman–Crippen MR) is 71.9 cm³/mol. The number of alkyl halides is 2. The Hall–Kier alpha value is -2.07. The third kappa shape index (κ3) is 3.27. The predicted octanol–water partition coefficient (Wildman–Crippen LogP) is 3.41. The molecule has 104 valence electrons. The van der Waals surface area contributed by atoms with Gasteiger partial charge >= 0.3 is 0 Å². The summed E-state index contributed by atoms with van der Waals surface area (Å²) < 4.78 is 25.0. The standard InChI is InChI=1S/C16H14F2O2/c17-14(18)10-12-8-4-5-9-13(12)16(20)15(19)11-6-2-1-3-7-11/h1-9,14-15,19H,10H2. The fourth-order valence-electron chi connectivity index (χ4n) is 2.04. The summed E-state index contributed by atoms with van der Waals surface area (Å²) in [7, 11) is 0. The molecule has 20 heavy (non-hydrogen) atoms. The van der Waals surface area contributed by atoms with Crippen molar-refractivity contribution in [1.29, 1.82) is 0 Å². The molecule has 4 heteroatoms. The number of hydrogen-bond acceptors (Lipinski definition) is 2. The maximum Gasteiger partial charge on any atom is 0.242 e. The fourth-order valence-corrected chi connectivity index (χ4v) is 2.04. The zero-order chi connectivity index (χ0) is 14.5. The van der Waals surface area contributed by atoms with Gasteiger partial charge in [0.05, 0.1) is 0 Å². The Balaban J connectivity index is 2.29. The van der Waals surface area contributed by atoms with E-state index in [9.17, 15) is 18.7 Å². The van der Waals surface area contributed by atoms with Gasteiger partial charge in [-0.25, -0.2) is 8.78 Å². The minimum absolute atomic E-state index is 0.143. The number of aliphatic hydroxyl groups excluding tert-OH is 1. The van der Waals surface area contributed by atoms with Gasteiger partial charge in [0.15, 0.2) is 5.78 Å². The van der Waals surface area contributed by atoms with Gasteiger partial charge in [-0.1, -0.05) is 54.6 Å². The van der Waals surface area contributed by atoms with E-state index < -0.39 is 24.7 Å². The van der Waals surface area contributed by atoms with E-state index in [1.165, 1.54) is 12.1 Å². The molecule has 0 radical (unpaired) electrons. The summed E-state index contributed by atoms with van der Waals surface area (Å²) in [5, 5.41) is 10.1. The van der Waals surface area contributed by atoms with Crippen LogP contribution in [0.25, 0.3) is 0 Å². The van der Waals surface area contributed by atoms with Crippen molar-refractivity contribution in [2.24, 2.45) is 0 Å². The molecule has 0 aliphatic heterocycles. The molecule has 2 rings (SSSR count). The van der Waals surface area contributed by atoms with Gasteiger partial charge < -0.3 is 5.11 Å². The first kappa shape index (κ1) is 14.3. The van der Waals surface area contributed by atoms with E-state index in [-0.39, 0.29) is 11.1 Å². The van der Waals surface area contributed by atoms with Crippen LogP contribution in [0.4, 0.5) is 8.78 Å². The maximum atomic E-state index is 12.5. The largest absolute Gasteiger partial charge is 0.380 e. The number of ketones is 1. The average molecular weight is 276 g/mol. The smallest absolute Gasteiger partial charge is 0.242 e. The third-order valence-electron chi connectivity index (χ3n) is 3.02. The van der Waals surface area contributed by atoms with E-state index in [0.29, 0.717) is 5.56 Å². The third-order valence-corrected chi connectivity index (χ3v) is 3.02. The van der Waals surface area contributed by atoms with Crippen LogP contribution in [0, 0.1) is 0 Å². The van der Waals surface area contributed by atoms with Crippen LogP contribution in [0.3, 0.4) is 0 Å². The molecule has 0 saturated heterocycles. The Morgan fingerprint density at radius 2 is 1.60 bits per heavy atom. The highest BCUT2D eigenvalue weighted by atomic mass is 19.3. The van der Waals surface area contributed by atoms with E-state index >= 15 is 0 Å². The summed E-state index contributed by atoms with van der Waals surface area (Å²) in [4.78, 5) is 12.3. The number of Topliss-reactive ketones (excluding diaryl/α,β-unsaturated/α-hetero) is 1. The Bertz CT molecular complexity index is 582. The number of aliphatic hydroxyl groups is 1. The average Bonchev–Trinajstić information content (AvgIpc) is 2.46. The summed E-state index contributed by atoms with van der Waals surface area (Å²) in [5.41, 5.74) is 0.844. The topological polar surface area (TPSA) is 37.3 Å². The van der Waals surface area contributed by atoms with E-state index in [1.807, 2.05) is 0 Å². The first-order chi connectivity index (χ1) is 9.59. The molecular weight excluding hydrogens is 262 g/mol. The van der Waals surface area contributed by atoms with Crippen LogP contribution < -0.4 is 0 Å². The normalized spacial score (nSPS) is 12.4. The SMILES string of the molecule is O=C(c1ccccc1CC(F)F)C(O)c1ccccc1. The number of hydrogen-bond donors (Lipinski definition) is 1. The summed E-state index contributed by atoms with van der Waals surface area (Å²) >= 11 is 0. The molecule has 0 spiro atoms. The Morgan fingerprint density at radius 1 is 1.00 bits per heavy atom. The Morgan fingerprint density at radius 3 is 2.25 bits per heavy atom. The highest BCUT2D eigenvalue weighted by Crippen LogP contribution is 2.22. The Labute approximate surface area is 115 Å². The van der Waals surface area contributed by atoms with Gasteiger partial charge in [0, 0.05) is 12.0 Å². The molecular formula is C16H14F2O2. The zero-order valence-electron chi connectivity index (χ0n) is 10.7. The molecule has 1 atom stereocenters. The molecule has 0 heterocycles. The number of benzene rings is 2. The van der Waals surface area contributed by atoms with Crippen LogP contribution in [0.2, 0.25) is 0 Å². The second-order valence-corrected chi connectivity index (χ2v) is 4.43. The van der Waals surface area contributed by atoms with Gasteiger partial charge in [-0.15, -0.1) is 0 Å². The summed E-state index contributed by atoms with van der Waals surface area (Å²) in [6.45, 7) is 0. The highest BCUT2D eigenvalue weighted by molar-refractivity contribution is 6.01. The van der Waals surface area contributed by atoms with E-state index in [4.69, 9.17) is 0 Å². The number of rotatable bonds is 5. The molecule has 0 amide bonds. The summed E-state index contributed by atoms with van der Waals surface area (Å²) in [6.07, 6.45) is -4.36. The second kappa shape index (κ2) is 6.39. The van der Waals surface area contributed by atoms with Crippen LogP contribution in [0.1, 0.15) is 27.6 Å². The minimum Gasteiger partial charge on any atom is -0.380 e. The van der Waals surface area contributed by atoms with Crippen molar-refractivity contribution in [2.75, 3.05) is 0 Å². The van der Waals surface area contributed by atoms with Crippen molar-refractivity contribution < 1.29 is 18.7 Å². The molecule has 0 aromatic heterocycles. The van der Waals surface area contributed by atoms with Crippen LogP contribution in [-0.4, -0.2) is 17.3 Å². The van der Waals surface area contributed by atoms with Crippen molar-refractivity contribution in [3.8, 4) is 0 Å². The monoisotopic (exact) mass is 276 g/mol. The molecule has 0 saturated carbocycles. The molecule has 1 unspecified atom stereocenters. The van der Waals surface area contributed by atoms with Crippen LogP contribution in [0.5, 0.6) is 0 Å². The Kier molecular flexibility index (Phi) is 4.58. The van der Waals surface area contributed by atoms with Crippen LogP contribution in [0.15, 0.2) is 54.6 Å². The number of carbonyl (C=O) groups is 1. The van der Waals surface area contributed by atoms with Gasteiger partial charge in [-0.2, -0.15) is 0 Å². The van der Waals surface area contributed by atoms with Crippen molar-refractivity contribution in [3.63, 3.8) is 0 Å². The van der Waals surface area contributed by atoms with Crippen LogP contribution >= 0.6 is 0 Å². The fraction of sp³-hybridized carbons (Fsp3) is 0.188. The van der Waals surface area contributed by atoms with Crippen molar-refractivity contribution in [2.45, 2.75) is 19.0 Å². The second-order valence-electron chi connectivity index (χ2n) is 4.43. The molecule has 2 aromatic carbocycles. The van der Waals surface area contributed by atoms with Crippen molar-refractivity contribution in [1.82, 2.24) is 0 Å². The van der Waals surface area contributed by atoms with Gasteiger partial charge in [-0.3, -0.25) is 4.79 Å². The minimum atomic E-state index is -2.53. The number of carbonyl (C=O) groups excluding carboxylic acids is 1. The van der Waals surface area contributed by atoms with Gasteiger partial charge in [0.25, 0.3) is 0 Å². The van der Waals surface area contributed by atoms with Crippen molar-refractivity contribution in [3.05, 3.63) is 71.3 Å². The van der Waals surface area contributed by atoms with Gasteiger partial charge in [0.2, 0.25) is 6.43 Å². The highest BCUT2D eigenvalue weighted by Gasteiger charge is 2.22. The van der Waals surface area contributed by atoms with Gasteiger partial charge in [-0.05, 0) is 11.1 Å². The molecule has 2 nitrogen and oxygen atoms in total. The van der Waals surface area contributed by atoms with E-state index in [1.54, 1.807) is 42.5 Å². The first-order valence-electron chi connectivity index (χ1n) is 6.23. The maximum absolute atomic E-state index is 12.5. The lowest BCUT2D eigenvalue weighted by molar-refractivity contribution is 0.0745. The molecule has 0 aliphatic carbocycles. The van der Waals surface area contributed by atoms with Crippen LogP contribution in [-0.2, 0) is 6.42 Å². The lowest BCUT2D eigenvalue weighted by Crippen LogP contribution is -2.15. The quantitative estimate of drug-likeness (QED) is 0.850. The van der Waals surface area contributed by atoms with Gasteiger partial charge in [0.1, 0.15) is 6.10 Å². The molecule has 0 fully saturated rings. The lowest BCUT2D eigenvalue weighted by atomic mass is 9.95. The first-order valence-corrected chi connectivity index (χ1v) is 6.23. The van der Waals surface area contributed by atoms with E-state index in [0.717, 1.165) is 0 Å². The molecule has 0 aliphatic rings. The molecule has 2 aromatic rings. The number of halogens is 2. The van der Waals surface area contributed by atoms with Crippen molar-refractivity contribution >= 4 is 5.78 Å². The lowest BCUT2D eigenvalue weighted by Gasteiger charge is -2.13. The summed E-state index contributed by atoms with van der Waals surface area (Å²) in [5.74, 6) is -0.563. The zero-order valence-corrected chi connectivity index (χ0v) is 10.7. The molecule has 0 bridgehead atoms. The van der Waals surface area contributed by atoms with E-state index in [2.05, 4.69) is 0 Å².